The van der Waals surface area contributed by atoms with Crippen LogP contribution in [0.5, 0.6) is 17.4 Å². The van der Waals surface area contributed by atoms with E-state index in [2.05, 4.69) is 19.9 Å². The van der Waals surface area contributed by atoms with Crippen molar-refractivity contribution in [2.45, 2.75) is 25.5 Å². The van der Waals surface area contributed by atoms with E-state index in [-0.39, 0.29) is 29.3 Å². The van der Waals surface area contributed by atoms with Crippen molar-refractivity contribution in [3.63, 3.8) is 0 Å². The first-order chi connectivity index (χ1) is 25.0. The lowest BCUT2D eigenvalue weighted by Gasteiger charge is -2.34. The standard InChI is InChI=1S/C36H29F8N5O4/c1-47-29-18-26(52-31-11-6-24(19-45-31)46-32(50)27-10-5-23(35(39,40)41)17-28(27)36(42,43)44)9-4-22(29)16-30(47)33(51)49-14-12-48(13-15-49)20-21-2-7-25(8-3-21)53-34(37)38/h2-11,16-19,34H,12-15,20H2,1H3,(H,46,50). The molecule has 0 spiro atoms. The molecule has 0 unspecified atom stereocenters. The van der Waals surface area contributed by atoms with Gasteiger partial charge in [0.2, 0.25) is 5.88 Å². The number of alkyl halides is 8. The molecule has 3 aromatic carbocycles. The van der Waals surface area contributed by atoms with E-state index in [0.717, 1.165) is 17.1 Å². The number of anilines is 1. The molecular formula is C36H29F8N5O4. The predicted molar refractivity (Wildman–Crippen MR) is 176 cm³/mol. The van der Waals surface area contributed by atoms with E-state index < -0.39 is 41.6 Å². The van der Waals surface area contributed by atoms with E-state index in [4.69, 9.17) is 4.74 Å². The number of halogens is 8. The molecule has 17 heteroatoms. The molecule has 278 valence electrons. The summed E-state index contributed by atoms with van der Waals surface area (Å²) in [5, 5.41) is 2.98. The second-order valence-electron chi connectivity index (χ2n) is 12.1. The van der Waals surface area contributed by atoms with E-state index in [1.807, 2.05) is 0 Å². The van der Waals surface area contributed by atoms with Gasteiger partial charge in [-0.3, -0.25) is 14.5 Å². The molecule has 1 saturated heterocycles. The van der Waals surface area contributed by atoms with Gasteiger partial charge in [-0.1, -0.05) is 12.1 Å². The number of carbonyl (C=O) groups excluding carboxylic acids is 2. The number of carbonyl (C=O) groups is 2. The van der Waals surface area contributed by atoms with Crippen LogP contribution in [0.15, 0.2) is 85.1 Å². The first-order valence-corrected chi connectivity index (χ1v) is 15.9. The second kappa shape index (κ2) is 14.7. The van der Waals surface area contributed by atoms with Gasteiger partial charge in [-0.2, -0.15) is 35.1 Å². The molecule has 1 aliphatic heterocycles. The number of hydrogen-bond donors (Lipinski definition) is 1. The van der Waals surface area contributed by atoms with Gasteiger partial charge in [0.1, 0.15) is 17.2 Å². The number of aryl methyl sites for hydroxylation is 1. The zero-order valence-electron chi connectivity index (χ0n) is 27.6. The van der Waals surface area contributed by atoms with Gasteiger partial charge in [0, 0.05) is 57.3 Å². The van der Waals surface area contributed by atoms with Crippen molar-refractivity contribution >= 4 is 28.4 Å². The fraction of sp³-hybridized carbons (Fsp3) is 0.250. The molecule has 0 aliphatic carbocycles. The Balaban J connectivity index is 1.07. The van der Waals surface area contributed by atoms with E-state index in [9.17, 15) is 44.7 Å². The Bertz CT molecular complexity index is 2110. The Hall–Kier alpha value is -5.71. The van der Waals surface area contributed by atoms with Crippen molar-refractivity contribution in [2.75, 3.05) is 31.5 Å². The summed E-state index contributed by atoms with van der Waals surface area (Å²) in [5.74, 6) is -0.939. The SMILES string of the molecule is Cn1c(C(=O)N2CCN(Cc3ccc(OC(F)F)cc3)CC2)cc2ccc(Oc3ccc(NC(=O)c4ccc(C(F)(F)F)cc4C(F)(F)F)cn3)cc21. The highest BCUT2D eigenvalue weighted by molar-refractivity contribution is 6.05. The van der Waals surface area contributed by atoms with E-state index in [1.165, 1.54) is 24.3 Å². The normalized spacial score (nSPS) is 14.1. The van der Waals surface area contributed by atoms with Crippen molar-refractivity contribution in [1.29, 1.82) is 0 Å². The number of fused-ring (bicyclic) bond motifs is 1. The number of ether oxygens (including phenoxy) is 2. The zero-order chi connectivity index (χ0) is 38.1. The Labute approximate surface area is 296 Å². The molecule has 9 nitrogen and oxygen atoms in total. The van der Waals surface area contributed by atoms with Crippen LogP contribution in [0.25, 0.3) is 10.9 Å². The van der Waals surface area contributed by atoms with Gasteiger partial charge in [0.05, 0.1) is 34.1 Å². The summed E-state index contributed by atoms with van der Waals surface area (Å²) in [6, 6.07) is 16.7. The summed E-state index contributed by atoms with van der Waals surface area (Å²) in [4.78, 5) is 34.1. The molecule has 6 rings (SSSR count). The Kier molecular flexibility index (Phi) is 10.3. The maximum atomic E-state index is 13.5. The number of benzene rings is 3. The third kappa shape index (κ3) is 8.68. The molecule has 1 fully saturated rings. The largest absolute Gasteiger partial charge is 0.439 e. The molecule has 0 atom stereocenters. The van der Waals surface area contributed by atoms with Gasteiger partial charge < -0.3 is 24.3 Å². The average molecular weight is 748 g/mol. The topological polar surface area (TPSA) is 88.9 Å². The van der Waals surface area contributed by atoms with Crippen molar-refractivity contribution in [3.8, 4) is 17.4 Å². The Morgan fingerprint density at radius 2 is 1.53 bits per heavy atom. The van der Waals surface area contributed by atoms with Crippen LogP contribution in [0.4, 0.5) is 40.8 Å². The molecule has 5 aromatic rings. The van der Waals surface area contributed by atoms with Crippen molar-refractivity contribution in [3.05, 3.63) is 113 Å². The van der Waals surface area contributed by atoms with Gasteiger partial charge in [0.25, 0.3) is 11.8 Å². The number of pyridine rings is 1. The highest BCUT2D eigenvalue weighted by Crippen LogP contribution is 2.38. The predicted octanol–water partition coefficient (Wildman–Crippen LogP) is 8.21. The minimum atomic E-state index is -5.22. The number of rotatable bonds is 9. The number of nitrogens with one attached hydrogen (secondary N) is 1. The van der Waals surface area contributed by atoms with Crippen molar-refractivity contribution in [1.82, 2.24) is 19.4 Å². The van der Waals surface area contributed by atoms with Crippen LogP contribution >= 0.6 is 0 Å². The summed E-state index contributed by atoms with van der Waals surface area (Å²) in [5.41, 5.74) is -2.23. The summed E-state index contributed by atoms with van der Waals surface area (Å²) in [6.45, 7) is -0.109. The smallest absolute Gasteiger partial charge is 0.417 e. The van der Waals surface area contributed by atoms with Crippen molar-refractivity contribution < 1.29 is 54.2 Å². The van der Waals surface area contributed by atoms with Crippen LogP contribution in [-0.2, 0) is 25.9 Å². The molecule has 1 N–H and O–H groups in total. The zero-order valence-corrected chi connectivity index (χ0v) is 27.6. The molecule has 2 aromatic heterocycles. The molecule has 0 radical (unpaired) electrons. The number of nitrogens with zero attached hydrogens (tertiary/aromatic N) is 4. The summed E-state index contributed by atoms with van der Waals surface area (Å²) in [6.07, 6.45) is -9.14. The fourth-order valence-corrected chi connectivity index (χ4v) is 5.87. The molecule has 0 saturated carbocycles. The van der Waals surface area contributed by atoms with Crippen LogP contribution < -0.4 is 14.8 Å². The average Bonchev–Trinajstić information content (AvgIpc) is 3.44. The lowest BCUT2D eigenvalue weighted by molar-refractivity contribution is -0.143. The first-order valence-electron chi connectivity index (χ1n) is 15.9. The van der Waals surface area contributed by atoms with Gasteiger partial charge in [-0.15, -0.1) is 0 Å². The van der Waals surface area contributed by atoms with Crippen molar-refractivity contribution in [2.24, 2.45) is 7.05 Å². The second-order valence-corrected chi connectivity index (χ2v) is 12.1. The van der Waals surface area contributed by atoms with Crippen LogP contribution in [-0.4, -0.2) is 64.0 Å². The van der Waals surface area contributed by atoms with Crippen LogP contribution in [0.2, 0.25) is 0 Å². The van der Waals surface area contributed by atoms with E-state index >= 15 is 0 Å². The van der Waals surface area contributed by atoms with Crippen LogP contribution in [0.3, 0.4) is 0 Å². The van der Waals surface area contributed by atoms with Crippen LogP contribution in [0.1, 0.15) is 37.5 Å². The molecule has 2 amide bonds. The van der Waals surface area contributed by atoms with E-state index in [0.29, 0.717) is 61.8 Å². The number of aromatic nitrogens is 2. The minimum absolute atomic E-state index is 0.0337. The number of hydrogen-bond acceptors (Lipinski definition) is 6. The number of piperazine rings is 1. The Morgan fingerprint density at radius 3 is 2.15 bits per heavy atom. The van der Waals surface area contributed by atoms with Gasteiger partial charge >= 0.3 is 19.0 Å². The summed E-state index contributed by atoms with van der Waals surface area (Å²) >= 11 is 0. The molecule has 53 heavy (non-hydrogen) atoms. The summed E-state index contributed by atoms with van der Waals surface area (Å²) < 4.78 is 116. The van der Waals surface area contributed by atoms with E-state index in [1.54, 1.807) is 52.9 Å². The lowest BCUT2D eigenvalue weighted by atomic mass is 10.0. The summed E-state index contributed by atoms with van der Waals surface area (Å²) in [7, 11) is 1.74. The highest BCUT2D eigenvalue weighted by atomic mass is 19.4. The van der Waals surface area contributed by atoms with Gasteiger partial charge in [-0.05, 0) is 60.2 Å². The van der Waals surface area contributed by atoms with Gasteiger partial charge in [-0.25, -0.2) is 4.98 Å². The lowest BCUT2D eigenvalue weighted by Crippen LogP contribution is -2.48. The maximum absolute atomic E-state index is 13.5. The third-order valence-electron chi connectivity index (χ3n) is 8.56. The first kappa shape index (κ1) is 37.1. The number of amides is 2. The fourth-order valence-electron chi connectivity index (χ4n) is 5.87. The Morgan fingerprint density at radius 1 is 0.830 bits per heavy atom. The quantitative estimate of drug-likeness (QED) is 0.153. The van der Waals surface area contributed by atoms with Gasteiger partial charge in [0.15, 0.2) is 0 Å². The molecule has 1 aliphatic rings. The third-order valence-corrected chi connectivity index (χ3v) is 8.56. The molecular weight excluding hydrogens is 718 g/mol. The molecule has 3 heterocycles. The molecule has 0 bridgehead atoms. The maximum Gasteiger partial charge on any atom is 0.417 e. The highest BCUT2D eigenvalue weighted by Gasteiger charge is 2.39. The minimum Gasteiger partial charge on any atom is -0.439 e. The van der Waals surface area contributed by atoms with Crippen LogP contribution in [0, 0.1) is 0 Å². The monoisotopic (exact) mass is 747 g/mol.